The van der Waals surface area contributed by atoms with Crippen molar-refractivity contribution in [3.8, 4) is 22.8 Å². The molecule has 1 aromatic heterocycles. The van der Waals surface area contributed by atoms with E-state index in [0.29, 0.717) is 28.5 Å². The van der Waals surface area contributed by atoms with E-state index < -0.39 is 5.97 Å². The summed E-state index contributed by atoms with van der Waals surface area (Å²) in [6, 6.07) is 14.4. The third kappa shape index (κ3) is 3.69. The first kappa shape index (κ1) is 17.5. The molecule has 0 fully saturated rings. The molecule has 26 heavy (non-hydrogen) atoms. The molecule has 134 valence electrons. The van der Waals surface area contributed by atoms with Gasteiger partial charge in [0, 0.05) is 11.6 Å². The van der Waals surface area contributed by atoms with Gasteiger partial charge in [0.25, 0.3) is 0 Å². The maximum absolute atomic E-state index is 12.2. The van der Waals surface area contributed by atoms with Crippen molar-refractivity contribution in [2.75, 3.05) is 14.2 Å². The number of ether oxygens (including phenoxy) is 3. The number of aromatic nitrogens is 1. The second kappa shape index (κ2) is 7.74. The normalized spacial score (nSPS) is 10.4. The SMILES string of the molecule is COc1ccc(-c2cc(COC(=O)c3ccccc3C)no2)cc1OC. The molecule has 6 heteroatoms. The molecule has 3 aromatic rings. The lowest BCUT2D eigenvalue weighted by Gasteiger charge is -2.07. The average Bonchev–Trinajstić information content (AvgIpc) is 3.15. The quantitative estimate of drug-likeness (QED) is 0.623. The van der Waals surface area contributed by atoms with E-state index in [-0.39, 0.29) is 6.61 Å². The summed E-state index contributed by atoms with van der Waals surface area (Å²) in [5.74, 6) is 1.38. The third-order valence-electron chi connectivity index (χ3n) is 3.94. The van der Waals surface area contributed by atoms with Gasteiger partial charge in [0.1, 0.15) is 12.3 Å². The van der Waals surface area contributed by atoms with Gasteiger partial charge in [0.15, 0.2) is 17.3 Å². The zero-order chi connectivity index (χ0) is 18.5. The van der Waals surface area contributed by atoms with E-state index in [1.54, 1.807) is 44.6 Å². The van der Waals surface area contributed by atoms with Crippen LogP contribution in [0.4, 0.5) is 0 Å². The molecule has 2 aromatic carbocycles. The molecule has 0 unspecified atom stereocenters. The summed E-state index contributed by atoms with van der Waals surface area (Å²) in [7, 11) is 3.14. The summed E-state index contributed by atoms with van der Waals surface area (Å²) in [5, 5.41) is 3.95. The molecular weight excluding hydrogens is 334 g/mol. The maximum atomic E-state index is 12.2. The van der Waals surface area contributed by atoms with Gasteiger partial charge in [-0.3, -0.25) is 0 Å². The summed E-state index contributed by atoms with van der Waals surface area (Å²) >= 11 is 0. The van der Waals surface area contributed by atoms with E-state index in [1.807, 2.05) is 25.1 Å². The zero-order valence-electron chi connectivity index (χ0n) is 14.8. The number of hydrogen-bond acceptors (Lipinski definition) is 6. The fourth-order valence-corrected chi connectivity index (χ4v) is 2.52. The van der Waals surface area contributed by atoms with Gasteiger partial charge < -0.3 is 18.7 Å². The number of aryl methyl sites for hydroxylation is 1. The van der Waals surface area contributed by atoms with Crippen LogP contribution in [0.2, 0.25) is 0 Å². The van der Waals surface area contributed by atoms with Crippen LogP contribution in [-0.4, -0.2) is 25.3 Å². The minimum absolute atomic E-state index is 0.0317. The Hall–Kier alpha value is -3.28. The molecule has 0 saturated heterocycles. The fraction of sp³-hybridized carbons (Fsp3) is 0.200. The van der Waals surface area contributed by atoms with E-state index in [4.69, 9.17) is 18.7 Å². The van der Waals surface area contributed by atoms with Crippen molar-refractivity contribution in [1.82, 2.24) is 5.16 Å². The van der Waals surface area contributed by atoms with Crippen molar-refractivity contribution in [1.29, 1.82) is 0 Å². The second-order valence-corrected chi connectivity index (χ2v) is 5.64. The Bertz CT molecular complexity index is 916. The van der Waals surface area contributed by atoms with Gasteiger partial charge in [-0.25, -0.2) is 4.79 Å². The summed E-state index contributed by atoms with van der Waals surface area (Å²) in [4.78, 5) is 12.2. The molecule has 0 bridgehead atoms. The van der Waals surface area contributed by atoms with E-state index in [0.717, 1.165) is 11.1 Å². The van der Waals surface area contributed by atoms with Crippen molar-refractivity contribution in [2.45, 2.75) is 13.5 Å². The van der Waals surface area contributed by atoms with E-state index >= 15 is 0 Å². The number of carbonyl (C=O) groups excluding carboxylic acids is 1. The van der Waals surface area contributed by atoms with Crippen LogP contribution >= 0.6 is 0 Å². The van der Waals surface area contributed by atoms with Crippen molar-refractivity contribution in [2.24, 2.45) is 0 Å². The second-order valence-electron chi connectivity index (χ2n) is 5.64. The molecule has 0 atom stereocenters. The average molecular weight is 353 g/mol. The highest BCUT2D eigenvalue weighted by Gasteiger charge is 2.14. The van der Waals surface area contributed by atoms with Gasteiger partial charge in [0.05, 0.1) is 19.8 Å². The van der Waals surface area contributed by atoms with E-state index in [2.05, 4.69) is 5.16 Å². The van der Waals surface area contributed by atoms with Gasteiger partial charge in [-0.2, -0.15) is 0 Å². The summed E-state index contributed by atoms with van der Waals surface area (Å²) in [6.07, 6.45) is 0. The van der Waals surface area contributed by atoms with E-state index in [1.165, 1.54) is 0 Å². The van der Waals surface area contributed by atoms with Crippen molar-refractivity contribution in [3.63, 3.8) is 0 Å². The van der Waals surface area contributed by atoms with Gasteiger partial charge in [-0.1, -0.05) is 23.4 Å². The number of benzene rings is 2. The van der Waals surface area contributed by atoms with Crippen LogP contribution in [0.1, 0.15) is 21.6 Å². The minimum atomic E-state index is -0.390. The highest BCUT2D eigenvalue weighted by Crippen LogP contribution is 2.32. The highest BCUT2D eigenvalue weighted by molar-refractivity contribution is 5.90. The molecule has 1 heterocycles. The predicted octanol–water partition coefficient (Wildman–Crippen LogP) is 4.02. The zero-order valence-corrected chi connectivity index (χ0v) is 14.8. The van der Waals surface area contributed by atoms with Gasteiger partial charge >= 0.3 is 5.97 Å². The number of esters is 1. The largest absolute Gasteiger partial charge is 0.493 e. The highest BCUT2D eigenvalue weighted by atomic mass is 16.5. The van der Waals surface area contributed by atoms with Crippen LogP contribution in [0.15, 0.2) is 53.1 Å². The molecule has 0 aliphatic carbocycles. The van der Waals surface area contributed by atoms with Gasteiger partial charge in [0.2, 0.25) is 0 Å². The molecule has 6 nitrogen and oxygen atoms in total. The Labute approximate surface area is 151 Å². The van der Waals surface area contributed by atoms with Crippen molar-refractivity contribution < 1.29 is 23.5 Å². The molecule has 0 aliphatic heterocycles. The van der Waals surface area contributed by atoms with Crippen LogP contribution in [0.5, 0.6) is 11.5 Å². The van der Waals surface area contributed by atoms with Crippen molar-refractivity contribution in [3.05, 3.63) is 65.4 Å². The number of carbonyl (C=O) groups is 1. The molecule has 3 rings (SSSR count). The number of methoxy groups -OCH3 is 2. The topological polar surface area (TPSA) is 70.8 Å². The molecular formula is C20H19NO5. The molecule has 0 N–H and O–H groups in total. The monoisotopic (exact) mass is 353 g/mol. The predicted molar refractivity (Wildman–Crippen MR) is 95.3 cm³/mol. The molecule has 0 radical (unpaired) electrons. The Balaban J connectivity index is 1.70. The molecule has 0 spiro atoms. The van der Waals surface area contributed by atoms with Crippen LogP contribution in [0, 0.1) is 6.92 Å². The number of nitrogens with zero attached hydrogens (tertiary/aromatic N) is 1. The van der Waals surface area contributed by atoms with Crippen LogP contribution in [0.3, 0.4) is 0 Å². The Morgan fingerprint density at radius 3 is 2.54 bits per heavy atom. The Morgan fingerprint density at radius 2 is 1.81 bits per heavy atom. The van der Waals surface area contributed by atoms with Crippen LogP contribution in [0.25, 0.3) is 11.3 Å². The summed E-state index contributed by atoms with van der Waals surface area (Å²) < 4.78 is 21.2. The maximum Gasteiger partial charge on any atom is 0.338 e. The first-order valence-electron chi connectivity index (χ1n) is 8.03. The number of hydrogen-bond donors (Lipinski definition) is 0. The van der Waals surface area contributed by atoms with Gasteiger partial charge in [-0.05, 0) is 36.8 Å². The number of rotatable bonds is 6. The molecule has 0 amide bonds. The lowest BCUT2D eigenvalue weighted by molar-refractivity contribution is 0.0463. The first-order chi connectivity index (χ1) is 12.6. The smallest absolute Gasteiger partial charge is 0.338 e. The van der Waals surface area contributed by atoms with E-state index in [9.17, 15) is 4.79 Å². The lowest BCUT2D eigenvalue weighted by atomic mass is 10.1. The Morgan fingerprint density at radius 1 is 1.04 bits per heavy atom. The molecule has 0 aliphatic rings. The van der Waals surface area contributed by atoms with Crippen molar-refractivity contribution >= 4 is 5.97 Å². The summed E-state index contributed by atoms with van der Waals surface area (Å²) in [6.45, 7) is 1.89. The summed E-state index contributed by atoms with van der Waals surface area (Å²) in [5.41, 5.74) is 2.71. The fourth-order valence-electron chi connectivity index (χ4n) is 2.52. The minimum Gasteiger partial charge on any atom is -0.493 e. The lowest BCUT2D eigenvalue weighted by Crippen LogP contribution is -2.07. The Kier molecular flexibility index (Phi) is 5.22. The standard InChI is InChI=1S/C20H19NO5/c1-13-6-4-5-7-16(13)20(22)25-12-15-11-18(26-21-15)14-8-9-17(23-2)19(10-14)24-3/h4-11H,12H2,1-3H3. The first-order valence-corrected chi connectivity index (χ1v) is 8.03. The molecule has 0 saturated carbocycles. The van der Waals surface area contributed by atoms with Crippen LogP contribution < -0.4 is 9.47 Å². The third-order valence-corrected chi connectivity index (χ3v) is 3.94. The van der Waals surface area contributed by atoms with Gasteiger partial charge in [-0.15, -0.1) is 0 Å². The van der Waals surface area contributed by atoms with Crippen LogP contribution in [-0.2, 0) is 11.3 Å².